The van der Waals surface area contributed by atoms with Gasteiger partial charge in [0.25, 0.3) is 0 Å². The predicted octanol–water partition coefficient (Wildman–Crippen LogP) is 3.59. The molecular formula is C18H24N2O. The Labute approximate surface area is 127 Å². The van der Waals surface area contributed by atoms with E-state index < -0.39 is 0 Å². The average Bonchev–Trinajstić information content (AvgIpc) is 2.52. The zero-order chi connectivity index (χ0) is 15.1. The first-order valence-corrected chi connectivity index (χ1v) is 7.56. The summed E-state index contributed by atoms with van der Waals surface area (Å²) in [7, 11) is 0. The minimum Gasteiger partial charge on any atom is -0.494 e. The zero-order valence-electron chi connectivity index (χ0n) is 12.8. The van der Waals surface area contributed by atoms with E-state index in [2.05, 4.69) is 48.7 Å². The molecule has 0 aromatic heterocycles. The second-order valence-corrected chi connectivity index (χ2v) is 5.09. The maximum absolute atomic E-state index is 5.75. The standard InChI is InChI=1S/C18H24N2O/c1-3-5-14-6-8-15(9-7-14)18(20-19)16-10-12-17(13-11-16)21-4-2/h6-13,18,20H,3-5,19H2,1-2H3. The largest absolute Gasteiger partial charge is 0.494 e. The summed E-state index contributed by atoms with van der Waals surface area (Å²) < 4.78 is 5.47. The maximum atomic E-state index is 5.75. The second kappa shape index (κ2) is 7.81. The third-order valence-corrected chi connectivity index (χ3v) is 3.54. The fourth-order valence-corrected chi connectivity index (χ4v) is 2.47. The summed E-state index contributed by atoms with van der Waals surface area (Å²) in [5.74, 6) is 6.63. The summed E-state index contributed by atoms with van der Waals surface area (Å²) in [6, 6.07) is 16.7. The SMILES string of the molecule is CCCc1ccc(C(NN)c2ccc(OCC)cc2)cc1. The number of nitrogens with one attached hydrogen (secondary N) is 1. The van der Waals surface area contributed by atoms with Gasteiger partial charge in [-0.3, -0.25) is 5.84 Å². The molecule has 2 aromatic rings. The van der Waals surface area contributed by atoms with Crippen LogP contribution in [0.1, 0.15) is 43.0 Å². The molecule has 0 saturated heterocycles. The van der Waals surface area contributed by atoms with Crippen LogP contribution in [0, 0.1) is 0 Å². The van der Waals surface area contributed by atoms with Crippen LogP contribution in [0.15, 0.2) is 48.5 Å². The Hall–Kier alpha value is -1.84. The molecule has 21 heavy (non-hydrogen) atoms. The van der Waals surface area contributed by atoms with Crippen molar-refractivity contribution in [2.75, 3.05) is 6.61 Å². The summed E-state index contributed by atoms with van der Waals surface area (Å²) in [4.78, 5) is 0. The van der Waals surface area contributed by atoms with E-state index >= 15 is 0 Å². The molecule has 1 atom stereocenters. The maximum Gasteiger partial charge on any atom is 0.119 e. The lowest BCUT2D eigenvalue weighted by Gasteiger charge is -2.18. The monoisotopic (exact) mass is 284 g/mol. The molecule has 0 radical (unpaired) electrons. The summed E-state index contributed by atoms with van der Waals surface area (Å²) in [5, 5.41) is 0. The fourth-order valence-electron chi connectivity index (χ4n) is 2.47. The van der Waals surface area contributed by atoms with Crippen LogP contribution in [-0.2, 0) is 6.42 Å². The molecule has 0 spiro atoms. The van der Waals surface area contributed by atoms with Gasteiger partial charge in [-0.25, -0.2) is 5.43 Å². The molecule has 0 bridgehead atoms. The highest BCUT2D eigenvalue weighted by molar-refractivity contribution is 5.36. The lowest BCUT2D eigenvalue weighted by Crippen LogP contribution is -2.28. The third-order valence-electron chi connectivity index (χ3n) is 3.54. The Balaban J connectivity index is 2.18. The van der Waals surface area contributed by atoms with Gasteiger partial charge < -0.3 is 4.74 Å². The highest BCUT2D eigenvalue weighted by atomic mass is 16.5. The number of nitrogens with two attached hydrogens (primary N) is 1. The van der Waals surface area contributed by atoms with E-state index in [0.717, 1.165) is 24.2 Å². The normalized spacial score (nSPS) is 12.1. The van der Waals surface area contributed by atoms with Gasteiger partial charge in [-0.05, 0) is 42.2 Å². The first kappa shape index (κ1) is 15.5. The fraction of sp³-hybridized carbons (Fsp3) is 0.333. The van der Waals surface area contributed by atoms with Crippen molar-refractivity contribution in [1.82, 2.24) is 5.43 Å². The first-order valence-electron chi connectivity index (χ1n) is 7.56. The van der Waals surface area contributed by atoms with Crippen LogP contribution in [0.25, 0.3) is 0 Å². The Kier molecular flexibility index (Phi) is 5.78. The Morgan fingerprint density at radius 1 is 0.952 bits per heavy atom. The molecule has 0 heterocycles. The molecular weight excluding hydrogens is 260 g/mol. The molecule has 0 saturated carbocycles. The predicted molar refractivity (Wildman–Crippen MR) is 87.2 cm³/mol. The van der Waals surface area contributed by atoms with Crippen molar-refractivity contribution in [2.24, 2.45) is 5.84 Å². The number of rotatable bonds is 7. The lowest BCUT2D eigenvalue weighted by atomic mass is 9.97. The summed E-state index contributed by atoms with van der Waals surface area (Å²) in [6.45, 7) is 4.85. The van der Waals surface area contributed by atoms with E-state index in [1.807, 2.05) is 19.1 Å². The summed E-state index contributed by atoms with van der Waals surface area (Å²) >= 11 is 0. The van der Waals surface area contributed by atoms with E-state index in [-0.39, 0.29) is 6.04 Å². The van der Waals surface area contributed by atoms with Crippen molar-refractivity contribution in [3.8, 4) is 5.75 Å². The number of hydrogen-bond acceptors (Lipinski definition) is 3. The molecule has 0 aliphatic rings. The van der Waals surface area contributed by atoms with E-state index in [1.165, 1.54) is 11.1 Å². The second-order valence-electron chi connectivity index (χ2n) is 5.09. The van der Waals surface area contributed by atoms with Crippen molar-refractivity contribution in [1.29, 1.82) is 0 Å². The van der Waals surface area contributed by atoms with Gasteiger partial charge in [0.1, 0.15) is 5.75 Å². The number of hydrazine groups is 1. The third kappa shape index (κ3) is 4.06. The van der Waals surface area contributed by atoms with E-state index in [1.54, 1.807) is 0 Å². The number of hydrogen-bond donors (Lipinski definition) is 2. The van der Waals surface area contributed by atoms with Gasteiger partial charge in [-0.2, -0.15) is 0 Å². The first-order chi connectivity index (χ1) is 10.3. The van der Waals surface area contributed by atoms with Gasteiger partial charge >= 0.3 is 0 Å². The Bertz CT molecular complexity index is 485. The smallest absolute Gasteiger partial charge is 0.119 e. The zero-order valence-corrected chi connectivity index (χ0v) is 12.8. The molecule has 3 N–H and O–H groups in total. The number of aryl methyl sites for hydroxylation is 1. The van der Waals surface area contributed by atoms with E-state index in [0.29, 0.717) is 6.61 Å². The summed E-state index contributed by atoms with van der Waals surface area (Å²) in [6.07, 6.45) is 2.28. The minimum absolute atomic E-state index is 0.00338. The van der Waals surface area contributed by atoms with Crippen LogP contribution in [0.5, 0.6) is 5.75 Å². The van der Waals surface area contributed by atoms with Crippen molar-refractivity contribution in [3.05, 3.63) is 65.2 Å². The molecule has 2 rings (SSSR count). The van der Waals surface area contributed by atoms with Gasteiger partial charge in [-0.1, -0.05) is 49.7 Å². The van der Waals surface area contributed by atoms with Crippen molar-refractivity contribution >= 4 is 0 Å². The van der Waals surface area contributed by atoms with Crippen LogP contribution >= 0.6 is 0 Å². The van der Waals surface area contributed by atoms with Gasteiger partial charge in [0.15, 0.2) is 0 Å². The highest BCUT2D eigenvalue weighted by Crippen LogP contribution is 2.24. The lowest BCUT2D eigenvalue weighted by molar-refractivity contribution is 0.340. The minimum atomic E-state index is -0.00338. The van der Waals surface area contributed by atoms with Gasteiger partial charge in [0, 0.05) is 0 Å². The van der Waals surface area contributed by atoms with Crippen LogP contribution < -0.4 is 16.0 Å². The van der Waals surface area contributed by atoms with E-state index in [4.69, 9.17) is 10.6 Å². The number of benzene rings is 2. The molecule has 3 heteroatoms. The topological polar surface area (TPSA) is 47.3 Å². The van der Waals surface area contributed by atoms with Gasteiger partial charge in [0.2, 0.25) is 0 Å². The van der Waals surface area contributed by atoms with Crippen LogP contribution in [-0.4, -0.2) is 6.61 Å². The Morgan fingerprint density at radius 2 is 1.52 bits per heavy atom. The Morgan fingerprint density at radius 3 is 2.00 bits per heavy atom. The van der Waals surface area contributed by atoms with Crippen molar-refractivity contribution in [2.45, 2.75) is 32.7 Å². The van der Waals surface area contributed by atoms with Gasteiger partial charge in [-0.15, -0.1) is 0 Å². The highest BCUT2D eigenvalue weighted by Gasteiger charge is 2.12. The summed E-state index contributed by atoms with van der Waals surface area (Å²) in [5.41, 5.74) is 6.56. The van der Waals surface area contributed by atoms with Crippen molar-refractivity contribution in [3.63, 3.8) is 0 Å². The molecule has 2 aromatic carbocycles. The molecule has 3 nitrogen and oxygen atoms in total. The molecule has 0 amide bonds. The average molecular weight is 284 g/mol. The molecule has 1 unspecified atom stereocenters. The van der Waals surface area contributed by atoms with Crippen LogP contribution in [0.4, 0.5) is 0 Å². The van der Waals surface area contributed by atoms with Crippen molar-refractivity contribution < 1.29 is 4.74 Å². The van der Waals surface area contributed by atoms with Gasteiger partial charge in [0.05, 0.1) is 12.6 Å². The molecule has 0 aliphatic carbocycles. The quantitative estimate of drug-likeness (QED) is 0.603. The van der Waals surface area contributed by atoms with Crippen LogP contribution in [0.2, 0.25) is 0 Å². The molecule has 0 fully saturated rings. The van der Waals surface area contributed by atoms with E-state index in [9.17, 15) is 0 Å². The number of ether oxygens (including phenoxy) is 1. The molecule has 112 valence electrons. The molecule has 0 aliphatic heterocycles. The van der Waals surface area contributed by atoms with Crippen LogP contribution in [0.3, 0.4) is 0 Å².